The van der Waals surface area contributed by atoms with Crippen LogP contribution in [0, 0.1) is 11.8 Å². The second kappa shape index (κ2) is 4.78. The molecular weight excluding hydrogens is 264 g/mol. The molecule has 0 spiro atoms. The molecule has 3 N–H and O–H groups in total. The Hall–Kier alpha value is -2.16. The lowest BCUT2D eigenvalue weighted by atomic mass is 10.3. The molecular formula is C7H4ClF2N3O4. The predicted octanol–water partition coefficient (Wildman–Crippen LogP) is 1.68. The molecule has 0 bridgehead atoms. The number of aromatic nitrogens is 1. The fourth-order valence-corrected chi connectivity index (χ4v) is 1.15. The van der Waals surface area contributed by atoms with Gasteiger partial charge in [0.1, 0.15) is 5.69 Å². The molecule has 0 unspecified atom stereocenters. The average molecular weight is 268 g/mol. The number of nitrogens with zero attached hydrogens (tertiary/aromatic N) is 2. The Kier molecular flexibility index (Phi) is 3.63. The van der Waals surface area contributed by atoms with Crippen molar-refractivity contribution in [2.24, 2.45) is 0 Å². The minimum atomic E-state index is -1.89. The van der Waals surface area contributed by atoms with Crippen LogP contribution in [0.4, 0.5) is 24.1 Å². The van der Waals surface area contributed by atoms with Crippen molar-refractivity contribution in [3.8, 4) is 0 Å². The number of amides is 2. The van der Waals surface area contributed by atoms with E-state index in [0.29, 0.717) is 6.20 Å². The highest BCUT2D eigenvalue weighted by molar-refractivity contribution is 6.33. The monoisotopic (exact) mass is 267 g/mol. The summed E-state index contributed by atoms with van der Waals surface area (Å²) in [5.41, 5.74) is 0.344. The molecule has 0 fully saturated rings. The first-order chi connectivity index (χ1) is 7.84. The van der Waals surface area contributed by atoms with Gasteiger partial charge in [-0.3, -0.25) is 0 Å². The van der Waals surface area contributed by atoms with E-state index in [4.69, 9.17) is 21.8 Å². The van der Waals surface area contributed by atoms with Gasteiger partial charge in [0, 0.05) is 0 Å². The lowest BCUT2D eigenvalue weighted by molar-refractivity contribution is 0.180. The standard InChI is InChI=1S/C7H4ClF2N3O4/c8-2-1-11-5(10)3(9)4(2)13(7(16)17)12-6(14)15/h1,12H,(H,14,15)(H,16,17). The molecule has 92 valence electrons. The quantitative estimate of drug-likeness (QED) is 0.530. The van der Waals surface area contributed by atoms with Crippen LogP contribution >= 0.6 is 11.6 Å². The molecule has 0 atom stereocenters. The summed E-state index contributed by atoms with van der Waals surface area (Å²) in [5.74, 6) is -3.29. The van der Waals surface area contributed by atoms with Crippen LogP contribution in [-0.4, -0.2) is 27.4 Å². The van der Waals surface area contributed by atoms with E-state index in [-0.39, 0.29) is 5.01 Å². The van der Waals surface area contributed by atoms with Crippen LogP contribution in [0.25, 0.3) is 0 Å². The first-order valence-electron chi connectivity index (χ1n) is 3.86. The number of carboxylic acid groups (broad SMARTS) is 2. The van der Waals surface area contributed by atoms with Gasteiger partial charge >= 0.3 is 12.2 Å². The average Bonchev–Trinajstić information content (AvgIpc) is 2.22. The second-order valence-electron chi connectivity index (χ2n) is 2.59. The third kappa shape index (κ3) is 2.69. The van der Waals surface area contributed by atoms with Crippen molar-refractivity contribution >= 4 is 29.5 Å². The Morgan fingerprint density at radius 3 is 2.47 bits per heavy atom. The van der Waals surface area contributed by atoms with Gasteiger partial charge in [-0.1, -0.05) is 11.6 Å². The van der Waals surface area contributed by atoms with Crippen molar-refractivity contribution in [3.05, 3.63) is 23.0 Å². The van der Waals surface area contributed by atoms with Gasteiger partial charge < -0.3 is 10.2 Å². The van der Waals surface area contributed by atoms with Crippen molar-refractivity contribution in [1.82, 2.24) is 10.4 Å². The Labute approximate surface area is 97.2 Å². The number of nitrogens with one attached hydrogen (secondary N) is 1. The van der Waals surface area contributed by atoms with Gasteiger partial charge in [0.05, 0.1) is 11.2 Å². The SMILES string of the molecule is O=C(O)NN(C(=O)O)c1c(Cl)cnc(F)c1F. The lowest BCUT2D eigenvalue weighted by Gasteiger charge is -2.19. The number of hydrogen-bond donors (Lipinski definition) is 3. The summed E-state index contributed by atoms with van der Waals surface area (Å²) in [6.07, 6.45) is -3.03. The smallest absolute Gasteiger partial charge is 0.431 e. The zero-order valence-electron chi connectivity index (χ0n) is 7.82. The molecule has 0 radical (unpaired) electrons. The van der Waals surface area contributed by atoms with Gasteiger partial charge in [-0.25, -0.2) is 20.0 Å². The van der Waals surface area contributed by atoms with Crippen LogP contribution < -0.4 is 10.4 Å². The van der Waals surface area contributed by atoms with Crippen LogP contribution in [0.3, 0.4) is 0 Å². The molecule has 0 aliphatic carbocycles. The molecule has 17 heavy (non-hydrogen) atoms. The van der Waals surface area contributed by atoms with Crippen molar-refractivity contribution in [3.63, 3.8) is 0 Å². The molecule has 0 saturated carbocycles. The lowest BCUT2D eigenvalue weighted by Crippen LogP contribution is -2.46. The minimum absolute atomic E-state index is 0.176. The highest BCUT2D eigenvalue weighted by atomic mass is 35.5. The minimum Gasteiger partial charge on any atom is -0.464 e. The van der Waals surface area contributed by atoms with Gasteiger partial charge in [-0.05, 0) is 0 Å². The Morgan fingerprint density at radius 1 is 1.41 bits per heavy atom. The number of hydrazine groups is 1. The zero-order chi connectivity index (χ0) is 13.2. The molecule has 1 heterocycles. The Bertz CT molecular complexity index is 484. The van der Waals surface area contributed by atoms with Crippen molar-refractivity contribution in [1.29, 1.82) is 0 Å². The van der Waals surface area contributed by atoms with Gasteiger partial charge in [-0.2, -0.15) is 13.8 Å². The van der Waals surface area contributed by atoms with E-state index < -0.39 is 34.7 Å². The van der Waals surface area contributed by atoms with E-state index in [1.165, 1.54) is 5.43 Å². The fraction of sp³-hybridized carbons (Fsp3) is 0. The number of rotatable bonds is 1. The summed E-state index contributed by atoms with van der Waals surface area (Å²) >= 11 is 5.42. The summed E-state index contributed by atoms with van der Waals surface area (Å²) in [5, 5.41) is 16.3. The summed E-state index contributed by atoms with van der Waals surface area (Å²) in [4.78, 5) is 23.9. The molecule has 0 saturated heterocycles. The van der Waals surface area contributed by atoms with E-state index in [0.717, 1.165) is 0 Å². The number of anilines is 1. The molecule has 2 amide bonds. The van der Waals surface area contributed by atoms with E-state index >= 15 is 0 Å². The van der Waals surface area contributed by atoms with Crippen LogP contribution in [0.5, 0.6) is 0 Å². The van der Waals surface area contributed by atoms with Gasteiger partial charge in [-0.15, -0.1) is 0 Å². The molecule has 1 rings (SSSR count). The first-order valence-corrected chi connectivity index (χ1v) is 4.24. The molecule has 7 nitrogen and oxygen atoms in total. The largest absolute Gasteiger partial charge is 0.464 e. The molecule has 0 aliphatic heterocycles. The summed E-state index contributed by atoms with van der Waals surface area (Å²) in [6.45, 7) is 0. The Balaban J connectivity index is 3.32. The molecule has 1 aromatic heterocycles. The zero-order valence-corrected chi connectivity index (χ0v) is 8.57. The summed E-state index contributed by atoms with van der Waals surface area (Å²) < 4.78 is 26.0. The number of carbonyl (C=O) groups is 2. The molecule has 1 aromatic rings. The maximum Gasteiger partial charge on any atom is 0.431 e. The van der Waals surface area contributed by atoms with Crippen molar-refractivity contribution in [2.75, 3.05) is 5.01 Å². The second-order valence-corrected chi connectivity index (χ2v) is 3.00. The third-order valence-electron chi connectivity index (χ3n) is 1.53. The summed E-state index contributed by atoms with van der Waals surface area (Å²) in [6, 6.07) is 0. The van der Waals surface area contributed by atoms with Crippen LogP contribution in [-0.2, 0) is 0 Å². The van der Waals surface area contributed by atoms with Crippen LogP contribution in [0.2, 0.25) is 5.02 Å². The third-order valence-corrected chi connectivity index (χ3v) is 1.81. The van der Waals surface area contributed by atoms with Crippen molar-refractivity contribution < 1.29 is 28.6 Å². The predicted molar refractivity (Wildman–Crippen MR) is 50.8 cm³/mol. The highest BCUT2D eigenvalue weighted by Gasteiger charge is 2.26. The molecule has 0 aromatic carbocycles. The number of hydrogen-bond acceptors (Lipinski definition) is 3. The maximum atomic E-state index is 13.3. The maximum absolute atomic E-state index is 13.3. The Morgan fingerprint density at radius 2 is 2.00 bits per heavy atom. The van der Waals surface area contributed by atoms with Gasteiger partial charge in [0.2, 0.25) is 5.82 Å². The topological polar surface area (TPSA) is 103 Å². The van der Waals surface area contributed by atoms with Crippen molar-refractivity contribution in [2.45, 2.75) is 0 Å². The van der Waals surface area contributed by atoms with Gasteiger partial charge in [0.25, 0.3) is 5.95 Å². The normalized spacial score (nSPS) is 9.82. The first kappa shape index (κ1) is 12.9. The highest BCUT2D eigenvalue weighted by Crippen LogP contribution is 2.28. The van der Waals surface area contributed by atoms with Crippen LogP contribution in [0.15, 0.2) is 6.20 Å². The van der Waals surface area contributed by atoms with E-state index in [9.17, 15) is 18.4 Å². The fourth-order valence-electron chi connectivity index (χ4n) is 0.934. The van der Waals surface area contributed by atoms with Gasteiger partial charge in [0.15, 0.2) is 0 Å². The summed E-state index contributed by atoms with van der Waals surface area (Å²) in [7, 11) is 0. The number of halogens is 3. The number of pyridine rings is 1. The van der Waals surface area contributed by atoms with E-state index in [1.807, 2.05) is 0 Å². The molecule has 0 aliphatic rings. The van der Waals surface area contributed by atoms with Crippen LogP contribution in [0.1, 0.15) is 0 Å². The van der Waals surface area contributed by atoms with E-state index in [2.05, 4.69) is 4.98 Å². The van der Waals surface area contributed by atoms with E-state index in [1.54, 1.807) is 0 Å². The molecule has 10 heteroatoms.